The van der Waals surface area contributed by atoms with Crippen molar-refractivity contribution in [3.8, 4) is 0 Å². The molecule has 0 saturated carbocycles. The molecule has 1 aromatic rings. The molecule has 0 heterocycles. The number of aliphatic hydroxyl groups is 1. The minimum Gasteiger partial charge on any atom is -0.396 e. The van der Waals surface area contributed by atoms with Gasteiger partial charge in [0.25, 0.3) is 0 Å². The largest absolute Gasteiger partial charge is 0.396 e. The van der Waals surface area contributed by atoms with E-state index in [-0.39, 0.29) is 18.2 Å². The second-order valence-corrected chi connectivity index (χ2v) is 5.35. The van der Waals surface area contributed by atoms with Crippen molar-refractivity contribution >= 4 is 17.5 Å². The summed E-state index contributed by atoms with van der Waals surface area (Å²) >= 11 is 0. The summed E-state index contributed by atoms with van der Waals surface area (Å²) in [5.41, 5.74) is 0.903. The van der Waals surface area contributed by atoms with Gasteiger partial charge < -0.3 is 15.7 Å². The van der Waals surface area contributed by atoms with E-state index >= 15 is 0 Å². The molecule has 0 aliphatic carbocycles. The number of amides is 2. The minimum atomic E-state index is -0.829. The van der Waals surface area contributed by atoms with Crippen molar-refractivity contribution < 1.29 is 19.1 Å². The molecule has 1 atom stereocenters. The van der Waals surface area contributed by atoms with Crippen molar-refractivity contribution in [2.24, 2.45) is 5.92 Å². The smallest absolute Gasteiger partial charge is 0.313 e. The van der Waals surface area contributed by atoms with Gasteiger partial charge in [-0.2, -0.15) is 0 Å². The van der Waals surface area contributed by atoms with Gasteiger partial charge in [-0.1, -0.05) is 13.3 Å². The van der Waals surface area contributed by atoms with Crippen molar-refractivity contribution in [2.75, 3.05) is 18.5 Å². The SMILES string of the molecule is CCCC(CCO)CNC(=O)C(=O)Nc1cc(C)cc(F)c1. The fourth-order valence-electron chi connectivity index (χ4n) is 2.25. The Morgan fingerprint density at radius 2 is 1.95 bits per heavy atom. The fraction of sp³-hybridized carbons (Fsp3) is 0.500. The Labute approximate surface area is 129 Å². The van der Waals surface area contributed by atoms with Gasteiger partial charge >= 0.3 is 11.8 Å². The summed E-state index contributed by atoms with van der Waals surface area (Å²) in [5.74, 6) is -1.92. The molecule has 0 bridgehead atoms. The zero-order valence-electron chi connectivity index (χ0n) is 13.0. The molecule has 6 heteroatoms. The number of carbonyl (C=O) groups excluding carboxylic acids is 2. The van der Waals surface area contributed by atoms with Crippen LogP contribution in [0.3, 0.4) is 0 Å². The first-order valence-corrected chi connectivity index (χ1v) is 7.43. The predicted octanol–water partition coefficient (Wildman–Crippen LogP) is 1.99. The average Bonchev–Trinajstić information content (AvgIpc) is 2.43. The van der Waals surface area contributed by atoms with Crippen LogP contribution in [0.4, 0.5) is 10.1 Å². The highest BCUT2D eigenvalue weighted by molar-refractivity contribution is 6.39. The standard InChI is InChI=1S/C16H23FN2O3/c1-3-4-12(5-6-20)10-18-15(21)16(22)19-14-8-11(2)7-13(17)9-14/h7-9,12,20H,3-6,10H2,1-2H3,(H,18,21)(H,19,22). The van der Waals surface area contributed by atoms with Crippen LogP contribution in [-0.4, -0.2) is 30.1 Å². The summed E-state index contributed by atoms with van der Waals surface area (Å²) in [7, 11) is 0. The van der Waals surface area contributed by atoms with E-state index in [1.807, 2.05) is 6.92 Å². The molecule has 122 valence electrons. The Hall–Kier alpha value is -1.95. The van der Waals surface area contributed by atoms with Crippen LogP contribution in [0.1, 0.15) is 31.7 Å². The third-order valence-electron chi connectivity index (χ3n) is 3.29. The third kappa shape index (κ3) is 6.22. The van der Waals surface area contributed by atoms with Crippen molar-refractivity contribution in [3.63, 3.8) is 0 Å². The van der Waals surface area contributed by atoms with E-state index in [0.29, 0.717) is 18.5 Å². The van der Waals surface area contributed by atoms with Gasteiger partial charge in [-0.05, 0) is 49.4 Å². The molecule has 22 heavy (non-hydrogen) atoms. The van der Waals surface area contributed by atoms with Gasteiger partial charge in [0.2, 0.25) is 0 Å². The van der Waals surface area contributed by atoms with Crippen LogP contribution in [0.5, 0.6) is 0 Å². The van der Waals surface area contributed by atoms with Gasteiger partial charge in [0.15, 0.2) is 0 Å². The maximum absolute atomic E-state index is 13.2. The van der Waals surface area contributed by atoms with Gasteiger partial charge in [-0.25, -0.2) is 4.39 Å². The lowest BCUT2D eigenvalue weighted by molar-refractivity contribution is -0.136. The first-order chi connectivity index (χ1) is 10.5. The Balaban J connectivity index is 2.52. The molecule has 2 amide bonds. The highest BCUT2D eigenvalue weighted by atomic mass is 19.1. The number of rotatable bonds is 7. The number of aryl methyl sites for hydroxylation is 1. The number of halogens is 1. The first kappa shape index (κ1) is 18.1. The van der Waals surface area contributed by atoms with Gasteiger partial charge in [0, 0.05) is 18.8 Å². The number of carbonyl (C=O) groups is 2. The van der Waals surface area contributed by atoms with Crippen molar-refractivity contribution in [2.45, 2.75) is 33.1 Å². The third-order valence-corrected chi connectivity index (χ3v) is 3.29. The quantitative estimate of drug-likeness (QED) is 0.674. The minimum absolute atomic E-state index is 0.0509. The Morgan fingerprint density at radius 1 is 1.23 bits per heavy atom. The van der Waals surface area contributed by atoms with Crippen LogP contribution in [0, 0.1) is 18.7 Å². The second kappa shape index (κ2) is 9.15. The Bertz CT molecular complexity index is 494. The number of nitrogens with one attached hydrogen (secondary N) is 2. The summed E-state index contributed by atoms with van der Waals surface area (Å²) in [6.45, 7) is 4.10. The van der Waals surface area contributed by atoms with E-state index in [0.717, 1.165) is 18.9 Å². The van der Waals surface area contributed by atoms with Crippen molar-refractivity contribution in [1.82, 2.24) is 5.32 Å². The molecule has 0 aliphatic rings. The van der Waals surface area contributed by atoms with E-state index < -0.39 is 17.6 Å². The molecule has 0 spiro atoms. The number of aliphatic hydroxyl groups excluding tert-OH is 1. The monoisotopic (exact) mass is 310 g/mol. The summed E-state index contributed by atoms with van der Waals surface area (Å²) in [6.07, 6.45) is 2.39. The van der Waals surface area contributed by atoms with E-state index in [9.17, 15) is 14.0 Å². The number of hydrogen-bond acceptors (Lipinski definition) is 3. The van der Waals surface area contributed by atoms with Gasteiger partial charge in [-0.3, -0.25) is 9.59 Å². The van der Waals surface area contributed by atoms with Crippen LogP contribution < -0.4 is 10.6 Å². The zero-order valence-corrected chi connectivity index (χ0v) is 13.0. The van der Waals surface area contributed by atoms with Crippen molar-refractivity contribution in [3.05, 3.63) is 29.6 Å². The summed E-state index contributed by atoms with van der Waals surface area (Å²) in [5, 5.41) is 13.9. The van der Waals surface area contributed by atoms with Gasteiger partial charge in [0.05, 0.1) is 0 Å². The topological polar surface area (TPSA) is 78.4 Å². The zero-order chi connectivity index (χ0) is 16.5. The Morgan fingerprint density at radius 3 is 2.55 bits per heavy atom. The summed E-state index contributed by atoms with van der Waals surface area (Å²) in [4.78, 5) is 23.5. The first-order valence-electron chi connectivity index (χ1n) is 7.43. The molecule has 0 aliphatic heterocycles. The lowest BCUT2D eigenvalue weighted by Crippen LogP contribution is -2.38. The molecular weight excluding hydrogens is 287 g/mol. The molecule has 0 aromatic heterocycles. The van der Waals surface area contributed by atoms with E-state index in [1.165, 1.54) is 6.07 Å². The van der Waals surface area contributed by atoms with E-state index in [4.69, 9.17) is 5.11 Å². The summed E-state index contributed by atoms with van der Waals surface area (Å²) in [6, 6.07) is 4.07. The van der Waals surface area contributed by atoms with Crippen LogP contribution in [-0.2, 0) is 9.59 Å². The number of benzene rings is 1. The van der Waals surface area contributed by atoms with Crippen LogP contribution >= 0.6 is 0 Å². The molecular formula is C16H23FN2O3. The van der Waals surface area contributed by atoms with Gasteiger partial charge in [0.1, 0.15) is 5.82 Å². The maximum Gasteiger partial charge on any atom is 0.313 e. The fourth-order valence-corrected chi connectivity index (χ4v) is 2.25. The molecule has 0 fully saturated rings. The average molecular weight is 310 g/mol. The molecule has 3 N–H and O–H groups in total. The lowest BCUT2D eigenvalue weighted by atomic mass is 10.0. The maximum atomic E-state index is 13.2. The van der Waals surface area contributed by atoms with Crippen LogP contribution in [0.15, 0.2) is 18.2 Å². The lowest BCUT2D eigenvalue weighted by Gasteiger charge is -2.15. The Kier molecular flexibility index (Phi) is 7.52. The molecule has 1 aromatic carbocycles. The normalized spacial score (nSPS) is 11.8. The predicted molar refractivity (Wildman–Crippen MR) is 82.9 cm³/mol. The molecule has 1 unspecified atom stereocenters. The highest BCUT2D eigenvalue weighted by Gasteiger charge is 2.16. The molecule has 0 radical (unpaired) electrons. The van der Waals surface area contributed by atoms with Gasteiger partial charge in [-0.15, -0.1) is 0 Å². The van der Waals surface area contributed by atoms with Crippen molar-refractivity contribution in [1.29, 1.82) is 0 Å². The number of hydrogen-bond donors (Lipinski definition) is 3. The summed E-state index contributed by atoms with van der Waals surface area (Å²) < 4.78 is 13.2. The van der Waals surface area contributed by atoms with Crippen LogP contribution in [0.25, 0.3) is 0 Å². The second-order valence-electron chi connectivity index (χ2n) is 5.35. The highest BCUT2D eigenvalue weighted by Crippen LogP contribution is 2.13. The van der Waals surface area contributed by atoms with E-state index in [2.05, 4.69) is 10.6 Å². The number of anilines is 1. The van der Waals surface area contributed by atoms with E-state index in [1.54, 1.807) is 13.0 Å². The molecule has 5 nitrogen and oxygen atoms in total. The van der Waals surface area contributed by atoms with Crippen LogP contribution in [0.2, 0.25) is 0 Å². The molecule has 1 rings (SSSR count). The molecule has 0 saturated heterocycles.